The maximum absolute atomic E-state index is 14.4. The minimum absolute atomic E-state index is 0.0103. The Morgan fingerprint density at radius 1 is 1.17 bits per heavy atom. The van der Waals surface area contributed by atoms with Crippen molar-refractivity contribution < 1.29 is 8.78 Å². The first-order valence-corrected chi connectivity index (χ1v) is 9.61. The van der Waals surface area contributed by atoms with E-state index >= 15 is 0 Å². The minimum Gasteiger partial charge on any atom is -0.361 e. The molecule has 1 aliphatic carbocycles. The number of benzene rings is 2. The van der Waals surface area contributed by atoms with Crippen LogP contribution in [0.1, 0.15) is 35.4 Å². The molecule has 4 heteroatoms. The summed E-state index contributed by atoms with van der Waals surface area (Å²) in [5.74, 6) is 0.404. The molecule has 0 amide bonds. The number of para-hydroxylation sites is 1. The van der Waals surface area contributed by atoms with Gasteiger partial charge in [0, 0.05) is 34.8 Å². The molecule has 124 valence electrons. The van der Waals surface area contributed by atoms with Gasteiger partial charge in [0.1, 0.15) is 11.6 Å². The number of rotatable bonds is 5. The van der Waals surface area contributed by atoms with Gasteiger partial charge in [-0.1, -0.05) is 24.3 Å². The second kappa shape index (κ2) is 6.25. The molecular formula is C20H19F2NS. The van der Waals surface area contributed by atoms with Crippen molar-refractivity contribution in [2.45, 2.75) is 24.5 Å². The van der Waals surface area contributed by atoms with Crippen molar-refractivity contribution in [3.05, 3.63) is 70.9 Å². The summed E-state index contributed by atoms with van der Waals surface area (Å²) >= 11 is 1.78. The van der Waals surface area contributed by atoms with Gasteiger partial charge in [-0.15, -0.1) is 0 Å². The van der Waals surface area contributed by atoms with Gasteiger partial charge in [0.15, 0.2) is 0 Å². The highest BCUT2D eigenvalue weighted by atomic mass is 32.2. The lowest BCUT2D eigenvalue weighted by molar-refractivity contribution is 0.554. The summed E-state index contributed by atoms with van der Waals surface area (Å²) in [5.41, 5.74) is 4.13. The topological polar surface area (TPSA) is 15.8 Å². The van der Waals surface area contributed by atoms with E-state index < -0.39 is 11.6 Å². The average molecular weight is 343 g/mol. The molecule has 0 saturated heterocycles. The zero-order valence-corrected chi connectivity index (χ0v) is 14.3. The Morgan fingerprint density at radius 2 is 2.00 bits per heavy atom. The van der Waals surface area contributed by atoms with E-state index in [1.165, 1.54) is 11.6 Å². The predicted octanol–water partition coefficient (Wildman–Crippen LogP) is 5.85. The summed E-state index contributed by atoms with van der Waals surface area (Å²) in [5, 5.41) is 1.15. The largest absolute Gasteiger partial charge is 0.361 e. The van der Waals surface area contributed by atoms with Crippen LogP contribution in [0.15, 0.2) is 42.6 Å². The van der Waals surface area contributed by atoms with Crippen LogP contribution in [0.2, 0.25) is 0 Å². The molecule has 0 bridgehead atoms. The van der Waals surface area contributed by atoms with Gasteiger partial charge in [-0.3, -0.25) is 0 Å². The Labute approximate surface area is 144 Å². The molecule has 0 radical (unpaired) electrons. The molecule has 3 aromatic rings. The molecule has 0 spiro atoms. The van der Waals surface area contributed by atoms with Crippen molar-refractivity contribution >= 4 is 22.7 Å². The highest BCUT2D eigenvalue weighted by Gasteiger charge is 2.36. The molecule has 1 aliphatic rings. The van der Waals surface area contributed by atoms with Gasteiger partial charge < -0.3 is 4.98 Å². The Kier molecular flexibility index (Phi) is 4.09. The SMILES string of the molecule is CSCc1cccc2c(C(c3ccc(F)cc3F)C3CC3)c[nH]c12. The van der Waals surface area contributed by atoms with Crippen LogP contribution in [-0.2, 0) is 5.75 Å². The standard InChI is InChI=1S/C20H19F2NS/c1-24-11-13-3-2-4-15-17(10-23-20(13)15)19(12-5-6-12)16-8-7-14(21)9-18(16)22/h2-4,7-10,12,19,23H,5-6,11H2,1H3. The third kappa shape index (κ3) is 2.73. The second-order valence-corrected chi connectivity index (χ2v) is 7.36. The van der Waals surface area contributed by atoms with Crippen molar-refractivity contribution in [1.82, 2.24) is 4.98 Å². The number of aromatic nitrogens is 1. The van der Waals surface area contributed by atoms with Crippen LogP contribution < -0.4 is 0 Å². The molecule has 4 rings (SSSR count). The molecule has 1 heterocycles. The van der Waals surface area contributed by atoms with Crippen LogP contribution in [0.4, 0.5) is 8.78 Å². The van der Waals surface area contributed by atoms with Crippen molar-refractivity contribution in [2.24, 2.45) is 5.92 Å². The van der Waals surface area contributed by atoms with E-state index in [2.05, 4.69) is 29.4 Å². The van der Waals surface area contributed by atoms with Gasteiger partial charge >= 0.3 is 0 Å². The van der Waals surface area contributed by atoms with Crippen LogP contribution >= 0.6 is 11.8 Å². The van der Waals surface area contributed by atoms with E-state index in [9.17, 15) is 8.78 Å². The van der Waals surface area contributed by atoms with E-state index in [0.717, 1.165) is 41.1 Å². The fourth-order valence-electron chi connectivity index (χ4n) is 3.63. The first-order chi connectivity index (χ1) is 11.7. The van der Waals surface area contributed by atoms with E-state index in [1.54, 1.807) is 17.8 Å². The summed E-state index contributed by atoms with van der Waals surface area (Å²) in [6.45, 7) is 0. The number of H-pyrrole nitrogens is 1. The zero-order chi connectivity index (χ0) is 16.7. The number of hydrogen-bond donors (Lipinski definition) is 1. The minimum atomic E-state index is -0.521. The number of thioether (sulfide) groups is 1. The van der Waals surface area contributed by atoms with Gasteiger partial charge in [0.25, 0.3) is 0 Å². The van der Waals surface area contributed by atoms with Crippen molar-refractivity contribution in [3.63, 3.8) is 0 Å². The maximum Gasteiger partial charge on any atom is 0.129 e. The summed E-state index contributed by atoms with van der Waals surface area (Å²) in [6, 6.07) is 10.3. The van der Waals surface area contributed by atoms with E-state index in [0.29, 0.717) is 11.5 Å². The second-order valence-electron chi connectivity index (χ2n) is 6.50. The molecule has 24 heavy (non-hydrogen) atoms. The lowest BCUT2D eigenvalue weighted by Gasteiger charge is -2.17. The van der Waals surface area contributed by atoms with Gasteiger partial charge in [-0.05, 0) is 47.8 Å². The number of nitrogens with one attached hydrogen (secondary N) is 1. The summed E-state index contributed by atoms with van der Waals surface area (Å²) < 4.78 is 27.7. The van der Waals surface area contributed by atoms with Crippen molar-refractivity contribution in [1.29, 1.82) is 0 Å². The molecule has 2 aromatic carbocycles. The van der Waals surface area contributed by atoms with E-state index in [4.69, 9.17) is 0 Å². The van der Waals surface area contributed by atoms with Crippen LogP contribution in [0.3, 0.4) is 0 Å². The molecule has 1 fully saturated rings. The third-order valence-electron chi connectivity index (χ3n) is 4.86. The Balaban J connectivity index is 1.85. The number of aromatic amines is 1. The summed E-state index contributed by atoms with van der Waals surface area (Å²) in [7, 11) is 0. The van der Waals surface area contributed by atoms with Crippen LogP contribution in [0.25, 0.3) is 10.9 Å². The highest BCUT2D eigenvalue weighted by Crippen LogP contribution is 2.48. The first kappa shape index (κ1) is 15.7. The molecule has 1 saturated carbocycles. The lowest BCUT2D eigenvalue weighted by Crippen LogP contribution is -2.06. The van der Waals surface area contributed by atoms with Gasteiger partial charge in [-0.25, -0.2) is 8.78 Å². The predicted molar refractivity (Wildman–Crippen MR) is 96.4 cm³/mol. The number of hydrogen-bond acceptors (Lipinski definition) is 1. The lowest BCUT2D eigenvalue weighted by atomic mass is 9.86. The summed E-state index contributed by atoms with van der Waals surface area (Å²) in [4.78, 5) is 3.40. The van der Waals surface area contributed by atoms with Crippen molar-refractivity contribution in [2.75, 3.05) is 6.26 Å². The fourth-order valence-corrected chi connectivity index (χ4v) is 4.18. The quantitative estimate of drug-likeness (QED) is 0.614. The number of halogens is 2. The maximum atomic E-state index is 14.4. The van der Waals surface area contributed by atoms with Crippen LogP contribution in [0.5, 0.6) is 0 Å². The summed E-state index contributed by atoms with van der Waals surface area (Å²) in [6.07, 6.45) is 6.29. The molecule has 1 unspecified atom stereocenters. The molecule has 1 N–H and O–H groups in total. The normalized spacial score (nSPS) is 15.8. The molecule has 1 atom stereocenters. The molecular weight excluding hydrogens is 324 g/mol. The Morgan fingerprint density at radius 3 is 2.71 bits per heavy atom. The van der Waals surface area contributed by atoms with E-state index in [1.807, 2.05) is 6.20 Å². The first-order valence-electron chi connectivity index (χ1n) is 8.22. The molecule has 0 aliphatic heterocycles. The van der Waals surface area contributed by atoms with Gasteiger partial charge in [-0.2, -0.15) is 11.8 Å². The van der Waals surface area contributed by atoms with E-state index in [-0.39, 0.29) is 5.92 Å². The average Bonchev–Trinajstić information content (AvgIpc) is 3.30. The van der Waals surface area contributed by atoms with Gasteiger partial charge in [0.05, 0.1) is 0 Å². The van der Waals surface area contributed by atoms with Crippen LogP contribution in [-0.4, -0.2) is 11.2 Å². The monoisotopic (exact) mass is 343 g/mol. The Hall–Kier alpha value is -1.81. The molecule has 1 aromatic heterocycles. The Bertz CT molecular complexity index is 882. The van der Waals surface area contributed by atoms with Gasteiger partial charge in [0.2, 0.25) is 0 Å². The van der Waals surface area contributed by atoms with Crippen LogP contribution in [0, 0.1) is 17.6 Å². The van der Waals surface area contributed by atoms with Crippen molar-refractivity contribution in [3.8, 4) is 0 Å². The molecule has 1 nitrogen and oxygen atoms in total. The highest BCUT2D eigenvalue weighted by molar-refractivity contribution is 7.97. The number of fused-ring (bicyclic) bond motifs is 1. The third-order valence-corrected chi connectivity index (χ3v) is 5.46. The smallest absolute Gasteiger partial charge is 0.129 e. The fraction of sp³-hybridized carbons (Fsp3) is 0.300. The zero-order valence-electron chi connectivity index (χ0n) is 13.5.